The Bertz CT molecular complexity index is 407. The van der Waals surface area contributed by atoms with Gasteiger partial charge in [-0.15, -0.1) is 0 Å². The molecule has 0 bridgehead atoms. The van der Waals surface area contributed by atoms with Gasteiger partial charge in [0.05, 0.1) is 5.69 Å². The van der Waals surface area contributed by atoms with E-state index in [0.29, 0.717) is 12.5 Å². The smallest absolute Gasteiger partial charge is 0.223 e. The van der Waals surface area contributed by atoms with Crippen molar-refractivity contribution in [2.45, 2.75) is 32.1 Å². The second-order valence-electron chi connectivity index (χ2n) is 5.48. The molecule has 1 fully saturated rings. The number of hydrogen-bond donors (Lipinski definition) is 2. The number of aromatic nitrogens is 2. The van der Waals surface area contributed by atoms with Crippen molar-refractivity contribution in [2.75, 3.05) is 13.1 Å². The van der Waals surface area contributed by atoms with Gasteiger partial charge in [-0.3, -0.25) is 9.48 Å². The molecule has 0 atom stereocenters. The molecule has 0 aromatic carbocycles. The predicted octanol–water partition coefficient (Wildman–Crippen LogP) is 0.844. The maximum atomic E-state index is 12.0. The number of aryl methyl sites for hydroxylation is 1. The second kappa shape index (κ2) is 6.70. The third-order valence-corrected chi connectivity index (χ3v) is 4.00. The summed E-state index contributed by atoms with van der Waals surface area (Å²) in [4.78, 5) is 12.0. The van der Waals surface area contributed by atoms with E-state index in [-0.39, 0.29) is 11.8 Å². The lowest BCUT2D eigenvalue weighted by molar-refractivity contribution is -0.126. The van der Waals surface area contributed by atoms with E-state index in [9.17, 15) is 4.79 Å². The molecule has 1 aromatic heterocycles. The number of nitrogens with zero attached hydrogens (tertiary/aromatic N) is 2. The Morgan fingerprint density at radius 2 is 2.21 bits per heavy atom. The van der Waals surface area contributed by atoms with Crippen LogP contribution < -0.4 is 11.1 Å². The summed E-state index contributed by atoms with van der Waals surface area (Å²) in [6.07, 6.45) is 6.87. The Labute approximate surface area is 114 Å². The highest BCUT2D eigenvalue weighted by molar-refractivity contribution is 5.78. The second-order valence-corrected chi connectivity index (χ2v) is 5.48. The molecule has 1 aromatic rings. The molecule has 1 aliphatic carbocycles. The van der Waals surface area contributed by atoms with Gasteiger partial charge in [0.25, 0.3) is 0 Å². The number of hydrogen-bond acceptors (Lipinski definition) is 3. The van der Waals surface area contributed by atoms with Crippen LogP contribution in [-0.4, -0.2) is 28.8 Å². The molecular formula is C14H24N4O. The summed E-state index contributed by atoms with van der Waals surface area (Å²) in [5.74, 6) is 1.01. The molecule has 1 amide bonds. The molecule has 3 N–H and O–H groups in total. The molecule has 1 heterocycles. The van der Waals surface area contributed by atoms with Crippen LogP contribution in [-0.2, 0) is 18.3 Å². The lowest BCUT2D eigenvalue weighted by atomic mass is 9.81. The van der Waals surface area contributed by atoms with Crippen molar-refractivity contribution in [3.63, 3.8) is 0 Å². The summed E-state index contributed by atoms with van der Waals surface area (Å²) in [7, 11) is 1.90. The van der Waals surface area contributed by atoms with E-state index < -0.39 is 0 Å². The number of carbonyl (C=O) groups is 1. The zero-order valence-electron chi connectivity index (χ0n) is 11.6. The van der Waals surface area contributed by atoms with E-state index in [2.05, 4.69) is 10.4 Å². The standard InChI is InChI=1S/C14H24N4O/c1-18-9-7-13(17-18)6-8-16-14(19)12-4-2-11(10-15)3-5-12/h7,9,11-12H,2-6,8,10,15H2,1H3,(H,16,19). The maximum Gasteiger partial charge on any atom is 0.223 e. The Morgan fingerprint density at radius 3 is 2.79 bits per heavy atom. The average molecular weight is 264 g/mol. The van der Waals surface area contributed by atoms with Crippen LogP contribution in [0.5, 0.6) is 0 Å². The summed E-state index contributed by atoms with van der Waals surface area (Å²) >= 11 is 0. The number of carbonyl (C=O) groups excluding carboxylic acids is 1. The third kappa shape index (κ3) is 4.06. The summed E-state index contributed by atoms with van der Waals surface area (Å²) < 4.78 is 1.78. The molecule has 19 heavy (non-hydrogen) atoms. The van der Waals surface area contributed by atoms with Crippen LogP contribution in [0, 0.1) is 11.8 Å². The molecule has 1 aliphatic rings. The molecule has 2 rings (SSSR count). The third-order valence-electron chi connectivity index (χ3n) is 4.00. The van der Waals surface area contributed by atoms with Crippen LogP contribution in [0.15, 0.2) is 12.3 Å². The van der Waals surface area contributed by atoms with E-state index in [1.54, 1.807) is 4.68 Å². The van der Waals surface area contributed by atoms with E-state index in [4.69, 9.17) is 5.73 Å². The molecule has 0 saturated heterocycles. The Morgan fingerprint density at radius 1 is 1.47 bits per heavy atom. The molecule has 5 nitrogen and oxygen atoms in total. The van der Waals surface area contributed by atoms with Crippen molar-refractivity contribution < 1.29 is 4.79 Å². The monoisotopic (exact) mass is 264 g/mol. The van der Waals surface area contributed by atoms with Gasteiger partial charge in [0, 0.05) is 32.1 Å². The van der Waals surface area contributed by atoms with Crippen molar-refractivity contribution in [3.8, 4) is 0 Å². The fourth-order valence-electron chi connectivity index (χ4n) is 2.71. The predicted molar refractivity (Wildman–Crippen MR) is 74.4 cm³/mol. The van der Waals surface area contributed by atoms with Crippen LogP contribution >= 0.6 is 0 Å². The van der Waals surface area contributed by atoms with Crippen molar-refractivity contribution in [1.29, 1.82) is 0 Å². The SMILES string of the molecule is Cn1ccc(CCNC(=O)C2CCC(CN)CC2)n1. The fraction of sp³-hybridized carbons (Fsp3) is 0.714. The number of rotatable bonds is 5. The lowest BCUT2D eigenvalue weighted by Gasteiger charge is -2.26. The molecule has 0 aliphatic heterocycles. The van der Waals surface area contributed by atoms with Crippen LogP contribution in [0.25, 0.3) is 0 Å². The highest BCUT2D eigenvalue weighted by atomic mass is 16.1. The molecule has 0 radical (unpaired) electrons. The van der Waals surface area contributed by atoms with Crippen molar-refractivity contribution >= 4 is 5.91 Å². The van der Waals surface area contributed by atoms with Crippen molar-refractivity contribution in [3.05, 3.63) is 18.0 Å². The van der Waals surface area contributed by atoms with Gasteiger partial charge in [-0.1, -0.05) is 0 Å². The zero-order chi connectivity index (χ0) is 13.7. The van der Waals surface area contributed by atoms with Gasteiger partial charge in [0.15, 0.2) is 0 Å². The molecule has 0 unspecified atom stereocenters. The van der Waals surface area contributed by atoms with E-state index in [1.807, 2.05) is 19.3 Å². The topological polar surface area (TPSA) is 72.9 Å². The van der Waals surface area contributed by atoms with Crippen LogP contribution in [0.4, 0.5) is 0 Å². The van der Waals surface area contributed by atoms with Crippen molar-refractivity contribution in [1.82, 2.24) is 15.1 Å². The lowest BCUT2D eigenvalue weighted by Crippen LogP contribution is -2.35. The quantitative estimate of drug-likeness (QED) is 0.828. The normalized spacial score (nSPS) is 23.3. The highest BCUT2D eigenvalue weighted by Crippen LogP contribution is 2.28. The number of nitrogens with two attached hydrogens (primary N) is 1. The maximum absolute atomic E-state index is 12.0. The van der Waals surface area contributed by atoms with Gasteiger partial charge in [-0.2, -0.15) is 5.10 Å². The molecule has 0 spiro atoms. The summed E-state index contributed by atoms with van der Waals surface area (Å²) in [5, 5.41) is 7.32. The minimum atomic E-state index is 0.187. The van der Waals surface area contributed by atoms with Gasteiger partial charge in [0.2, 0.25) is 5.91 Å². The van der Waals surface area contributed by atoms with Crippen LogP contribution in [0.1, 0.15) is 31.4 Å². The van der Waals surface area contributed by atoms with Gasteiger partial charge >= 0.3 is 0 Å². The Hall–Kier alpha value is -1.36. The largest absolute Gasteiger partial charge is 0.355 e. The summed E-state index contributed by atoms with van der Waals surface area (Å²) in [6, 6.07) is 1.98. The first kappa shape index (κ1) is 14.1. The first-order chi connectivity index (χ1) is 9.19. The first-order valence-corrected chi connectivity index (χ1v) is 7.15. The summed E-state index contributed by atoms with van der Waals surface area (Å²) in [6.45, 7) is 1.43. The Kier molecular flexibility index (Phi) is 4.96. The molecule has 106 valence electrons. The van der Waals surface area contributed by atoms with Crippen LogP contribution in [0.2, 0.25) is 0 Å². The molecule has 5 heteroatoms. The van der Waals surface area contributed by atoms with E-state index >= 15 is 0 Å². The van der Waals surface area contributed by atoms with E-state index in [0.717, 1.165) is 44.3 Å². The Balaban J connectivity index is 1.67. The average Bonchev–Trinajstić information content (AvgIpc) is 2.84. The van der Waals surface area contributed by atoms with Gasteiger partial charge in [-0.05, 0) is 44.2 Å². The number of amides is 1. The highest BCUT2D eigenvalue weighted by Gasteiger charge is 2.25. The summed E-state index contributed by atoms with van der Waals surface area (Å²) in [5.41, 5.74) is 6.68. The van der Waals surface area contributed by atoms with Gasteiger partial charge in [0.1, 0.15) is 0 Å². The van der Waals surface area contributed by atoms with E-state index in [1.165, 1.54) is 0 Å². The minimum Gasteiger partial charge on any atom is -0.355 e. The number of nitrogens with one attached hydrogen (secondary N) is 1. The van der Waals surface area contributed by atoms with Crippen molar-refractivity contribution in [2.24, 2.45) is 24.6 Å². The van der Waals surface area contributed by atoms with Gasteiger partial charge in [-0.25, -0.2) is 0 Å². The minimum absolute atomic E-state index is 0.187. The van der Waals surface area contributed by atoms with Gasteiger partial charge < -0.3 is 11.1 Å². The molecule has 1 saturated carbocycles. The zero-order valence-corrected chi connectivity index (χ0v) is 11.6. The molecular weight excluding hydrogens is 240 g/mol. The van der Waals surface area contributed by atoms with Crippen LogP contribution in [0.3, 0.4) is 0 Å². The fourth-order valence-corrected chi connectivity index (χ4v) is 2.71. The first-order valence-electron chi connectivity index (χ1n) is 7.15.